The van der Waals surface area contributed by atoms with E-state index in [1.54, 1.807) is 65.4 Å². The minimum Gasteiger partial charge on any atom is -0.497 e. The Kier molecular flexibility index (Phi) is 6.67. The van der Waals surface area contributed by atoms with Crippen molar-refractivity contribution in [3.05, 3.63) is 88.9 Å². The molecule has 3 aromatic carbocycles. The highest BCUT2D eigenvalue weighted by Gasteiger charge is 2.38. The molecule has 0 radical (unpaired) electrons. The number of para-hydroxylation sites is 1. The van der Waals surface area contributed by atoms with E-state index in [1.807, 2.05) is 31.2 Å². The molecular formula is C26H25ClN2O4. The van der Waals surface area contributed by atoms with Gasteiger partial charge in [-0.05, 0) is 73.5 Å². The number of carbonyl (C=O) groups excluding carboxylic acids is 2. The van der Waals surface area contributed by atoms with E-state index >= 15 is 0 Å². The molecule has 2 unspecified atom stereocenters. The number of benzene rings is 3. The van der Waals surface area contributed by atoms with Crippen molar-refractivity contribution in [3.63, 3.8) is 0 Å². The van der Waals surface area contributed by atoms with E-state index in [1.165, 1.54) is 0 Å². The quantitative estimate of drug-likeness (QED) is 0.585. The Balaban J connectivity index is 1.76. The Hall–Kier alpha value is -3.35. The van der Waals surface area contributed by atoms with Crippen LogP contribution >= 0.6 is 11.6 Å². The predicted octanol–water partition coefficient (Wildman–Crippen LogP) is 4.85. The van der Waals surface area contributed by atoms with Crippen LogP contribution in [0.5, 0.6) is 5.75 Å². The number of nitrogens with zero attached hydrogens (tertiary/aromatic N) is 2. The number of carbonyl (C=O) groups is 2. The van der Waals surface area contributed by atoms with Crippen LogP contribution in [0.2, 0.25) is 5.02 Å². The maximum atomic E-state index is 13.5. The molecule has 0 fully saturated rings. The third kappa shape index (κ3) is 4.45. The molecule has 0 saturated heterocycles. The molecule has 7 heteroatoms. The van der Waals surface area contributed by atoms with Gasteiger partial charge in [0.05, 0.1) is 13.2 Å². The Bertz CT molecular complexity index is 1150. The molecule has 1 aliphatic rings. The number of ether oxygens (including phenoxy) is 1. The average molecular weight is 465 g/mol. The van der Waals surface area contributed by atoms with E-state index in [0.29, 0.717) is 28.4 Å². The summed E-state index contributed by atoms with van der Waals surface area (Å²) in [7, 11) is 1.58. The van der Waals surface area contributed by atoms with Gasteiger partial charge in [-0.25, -0.2) is 0 Å². The number of amides is 2. The second kappa shape index (κ2) is 9.65. The second-order valence-corrected chi connectivity index (χ2v) is 8.40. The highest BCUT2D eigenvalue weighted by molar-refractivity contribution is 6.30. The number of methoxy groups -OCH3 is 1. The SMILES string of the molecule is COc1ccc(C(=O)N2c3ccccc3C(N(C(=O)CO)c3ccc(Cl)cc3)CC2C)cc1. The largest absolute Gasteiger partial charge is 0.497 e. The standard InChI is InChI=1S/C26H25ClN2O4/c1-17-15-24(29(25(31)16-30)20-11-9-19(27)10-12-20)22-5-3-4-6-23(22)28(17)26(32)18-7-13-21(33-2)14-8-18/h3-14,17,24,30H,15-16H2,1-2H3. The first-order valence-electron chi connectivity index (χ1n) is 10.7. The molecular weight excluding hydrogens is 440 g/mol. The molecule has 33 heavy (non-hydrogen) atoms. The number of hydrogen-bond acceptors (Lipinski definition) is 4. The molecule has 0 spiro atoms. The van der Waals surface area contributed by atoms with Gasteiger partial charge in [0.2, 0.25) is 0 Å². The second-order valence-electron chi connectivity index (χ2n) is 7.96. The highest BCUT2D eigenvalue weighted by atomic mass is 35.5. The molecule has 1 heterocycles. The first kappa shape index (κ1) is 22.8. The van der Waals surface area contributed by atoms with Crippen LogP contribution in [0.25, 0.3) is 0 Å². The number of aliphatic hydroxyl groups excluding tert-OH is 1. The molecule has 4 rings (SSSR count). The lowest BCUT2D eigenvalue weighted by molar-refractivity contribution is -0.121. The summed E-state index contributed by atoms with van der Waals surface area (Å²) in [6.07, 6.45) is 0.507. The minimum atomic E-state index is -0.621. The monoisotopic (exact) mass is 464 g/mol. The third-order valence-electron chi connectivity index (χ3n) is 5.94. The van der Waals surface area contributed by atoms with Crippen LogP contribution < -0.4 is 14.5 Å². The van der Waals surface area contributed by atoms with Gasteiger partial charge in [0.1, 0.15) is 12.4 Å². The van der Waals surface area contributed by atoms with Gasteiger partial charge in [0, 0.05) is 28.0 Å². The van der Waals surface area contributed by atoms with E-state index in [9.17, 15) is 14.7 Å². The van der Waals surface area contributed by atoms with Crippen LogP contribution in [-0.4, -0.2) is 36.7 Å². The number of fused-ring (bicyclic) bond motifs is 1. The van der Waals surface area contributed by atoms with Gasteiger partial charge in [0.15, 0.2) is 0 Å². The lowest BCUT2D eigenvalue weighted by Gasteiger charge is -2.43. The first-order valence-corrected chi connectivity index (χ1v) is 11.1. The van der Waals surface area contributed by atoms with Gasteiger partial charge < -0.3 is 19.6 Å². The van der Waals surface area contributed by atoms with Gasteiger partial charge in [-0.3, -0.25) is 9.59 Å². The Morgan fingerprint density at radius 3 is 2.36 bits per heavy atom. The summed E-state index contributed by atoms with van der Waals surface area (Å²) in [5, 5.41) is 10.3. The highest BCUT2D eigenvalue weighted by Crippen LogP contribution is 2.42. The van der Waals surface area contributed by atoms with Gasteiger partial charge >= 0.3 is 0 Å². The first-order chi connectivity index (χ1) is 15.9. The van der Waals surface area contributed by atoms with Crippen LogP contribution in [0.15, 0.2) is 72.8 Å². The van der Waals surface area contributed by atoms with Gasteiger partial charge in [-0.1, -0.05) is 29.8 Å². The smallest absolute Gasteiger partial charge is 0.258 e. The minimum absolute atomic E-state index is 0.123. The van der Waals surface area contributed by atoms with Crippen molar-refractivity contribution >= 4 is 34.8 Å². The summed E-state index contributed by atoms with van der Waals surface area (Å²) in [6.45, 7) is 1.35. The number of halogens is 1. The average Bonchev–Trinajstić information content (AvgIpc) is 2.85. The van der Waals surface area contributed by atoms with Gasteiger partial charge in [-0.2, -0.15) is 0 Å². The zero-order valence-corrected chi connectivity index (χ0v) is 19.2. The van der Waals surface area contributed by atoms with Crippen molar-refractivity contribution < 1.29 is 19.4 Å². The number of aliphatic hydroxyl groups is 1. The van der Waals surface area contributed by atoms with E-state index in [0.717, 1.165) is 11.3 Å². The normalized spacial score (nSPS) is 17.3. The van der Waals surface area contributed by atoms with Crippen molar-refractivity contribution in [1.29, 1.82) is 0 Å². The van der Waals surface area contributed by atoms with Crippen molar-refractivity contribution in [2.75, 3.05) is 23.5 Å². The lowest BCUT2D eigenvalue weighted by atomic mass is 9.89. The van der Waals surface area contributed by atoms with Crippen LogP contribution in [0.3, 0.4) is 0 Å². The lowest BCUT2D eigenvalue weighted by Crippen LogP contribution is -2.48. The molecule has 6 nitrogen and oxygen atoms in total. The van der Waals surface area contributed by atoms with Crippen molar-refractivity contribution in [3.8, 4) is 5.75 Å². The zero-order chi connectivity index (χ0) is 23.5. The maximum Gasteiger partial charge on any atom is 0.258 e. The number of hydrogen-bond donors (Lipinski definition) is 1. The van der Waals surface area contributed by atoms with Gasteiger partial charge in [0.25, 0.3) is 11.8 Å². The number of rotatable bonds is 5. The molecule has 1 N–H and O–H groups in total. The van der Waals surface area contributed by atoms with E-state index in [2.05, 4.69) is 0 Å². The molecule has 0 bridgehead atoms. The van der Waals surface area contributed by atoms with E-state index in [-0.39, 0.29) is 18.0 Å². The summed E-state index contributed by atoms with van der Waals surface area (Å²) in [5.41, 5.74) is 2.78. The molecule has 0 saturated carbocycles. The van der Waals surface area contributed by atoms with Crippen LogP contribution in [0, 0.1) is 0 Å². The molecule has 0 aliphatic carbocycles. The molecule has 3 aromatic rings. The Morgan fingerprint density at radius 1 is 1.06 bits per heavy atom. The fourth-order valence-corrected chi connectivity index (χ4v) is 4.51. The van der Waals surface area contributed by atoms with E-state index < -0.39 is 12.5 Å². The fourth-order valence-electron chi connectivity index (χ4n) is 4.38. The Labute approximate surface area is 198 Å². The van der Waals surface area contributed by atoms with Crippen molar-refractivity contribution in [2.45, 2.75) is 25.4 Å². The summed E-state index contributed by atoms with van der Waals surface area (Å²) in [4.78, 5) is 29.7. The topological polar surface area (TPSA) is 70.1 Å². The Morgan fingerprint density at radius 2 is 1.73 bits per heavy atom. The van der Waals surface area contributed by atoms with Crippen molar-refractivity contribution in [1.82, 2.24) is 0 Å². The van der Waals surface area contributed by atoms with Crippen LogP contribution in [0.4, 0.5) is 11.4 Å². The summed E-state index contributed by atoms with van der Waals surface area (Å²) in [5.74, 6) is 0.140. The summed E-state index contributed by atoms with van der Waals surface area (Å²) in [6, 6.07) is 21.0. The third-order valence-corrected chi connectivity index (χ3v) is 6.19. The van der Waals surface area contributed by atoms with Crippen LogP contribution in [0.1, 0.15) is 35.3 Å². The number of anilines is 2. The zero-order valence-electron chi connectivity index (χ0n) is 18.4. The van der Waals surface area contributed by atoms with Crippen molar-refractivity contribution in [2.24, 2.45) is 0 Å². The molecule has 2 atom stereocenters. The predicted molar refractivity (Wildman–Crippen MR) is 129 cm³/mol. The maximum absolute atomic E-state index is 13.5. The molecule has 170 valence electrons. The van der Waals surface area contributed by atoms with E-state index in [4.69, 9.17) is 16.3 Å². The molecule has 1 aliphatic heterocycles. The fraction of sp³-hybridized carbons (Fsp3) is 0.231. The summed E-state index contributed by atoms with van der Waals surface area (Å²) < 4.78 is 5.20. The summed E-state index contributed by atoms with van der Waals surface area (Å²) >= 11 is 6.05. The van der Waals surface area contributed by atoms with Gasteiger partial charge in [-0.15, -0.1) is 0 Å². The molecule has 0 aromatic heterocycles. The molecule has 2 amide bonds. The van der Waals surface area contributed by atoms with Crippen LogP contribution in [-0.2, 0) is 4.79 Å².